The highest BCUT2D eigenvalue weighted by Gasteiger charge is 2.35. The van der Waals surface area contributed by atoms with Crippen LogP contribution in [0, 0.1) is 5.92 Å². The Balaban J connectivity index is 1.66. The van der Waals surface area contributed by atoms with Gasteiger partial charge in [0.25, 0.3) is 0 Å². The predicted octanol–water partition coefficient (Wildman–Crippen LogP) is 1.32. The highest BCUT2D eigenvalue weighted by atomic mass is 32.1. The zero-order chi connectivity index (χ0) is 17.3. The first-order valence-electron chi connectivity index (χ1n) is 7.21. The normalized spacial score (nSPS) is 21.2. The molecule has 1 amide bonds. The minimum Gasteiger partial charge on any atom is -0.315 e. The Morgan fingerprint density at radius 3 is 2.92 bits per heavy atom. The Bertz CT molecular complexity index is 727. The van der Waals surface area contributed by atoms with E-state index in [4.69, 9.17) is 0 Å². The molecule has 2 atom stereocenters. The Hall–Kier alpha value is -2.01. The molecule has 1 fully saturated rings. The lowest BCUT2D eigenvalue weighted by atomic mass is 9.90. The van der Waals surface area contributed by atoms with Crippen LogP contribution < -0.4 is 10.6 Å². The lowest BCUT2D eigenvalue weighted by Crippen LogP contribution is -2.28. The maximum atomic E-state index is 12.4. The van der Waals surface area contributed by atoms with Crippen LogP contribution in [0.3, 0.4) is 0 Å². The quantitative estimate of drug-likeness (QED) is 0.859. The summed E-state index contributed by atoms with van der Waals surface area (Å²) in [5, 5.41) is 16.8. The van der Waals surface area contributed by atoms with Gasteiger partial charge in [-0.2, -0.15) is 18.3 Å². The molecule has 1 saturated heterocycles. The van der Waals surface area contributed by atoms with E-state index < -0.39 is 12.6 Å². The van der Waals surface area contributed by atoms with Gasteiger partial charge in [-0.05, 0) is 5.56 Å². The van der Waals surface area contributed by atoms with E-state index in [2.05, 4.69) is 25.9 Å². The molecule has 1 aliphatic heterocycles. The summed E-state index contributed by atoms with van der Waals surface area (Å²) in [5.41, 5.74) is 0.942. The topological polar surface area (TPSA) is 84.7 Å². The van der Waals surface area contributed by atoms with E-state index in [-0.39, 0.29) is 27.9 Å². The van der Waals surface area contributed by atoms with Crippen LogP contribution in [-0.4, -0.2) is 45.2 Å². The number of carbonyl (C=O) groups is 1. The number of nitrogens with one attached hydrogen (secondary N) is 2. The molecule has 0 spiro atoms. The first-order chi connectivity index (χ1) is 11.3. The summed E-state index contributed by atoms with van der Waals surface area (Å²) >= 11 is 0.737. The Morgan fingerprint density at radius 2 is 2.25 bits per heavy atom. The lowest BCUT2D eigenvalue weighted by molar-refractivity contribution is -0.127. The fraction of sp³-hybridized carbons (Fsp3) is 0.538. The van der Waals surface area contributed by atoms with E-state index in [1.807, 2.05) is 6.20 Å². The second kappa shape index (κ2) is 6.48. The van der Waals surface area contributed by atoms with E-state index in [9.17, 15) is 18.0 Å². The second-order valence-electron chi connectivity index (χ2n) is 5.60. The molecule has 130 valence electrons. The Kier molecular flexibility index (Phi) is 4.54. The lowest BCUT2D eigenvalue weighted by Gasteiger charge is -2.15. The van der Waals surface area contributed by atoms with Gasteiger partial charge in [0.1, 0.15) is 5.01 Å². The van der Waals surface area contributed by atoms with Crippen molar-refractivity contribution in [3.05, 3.63) is 23.0 Å². The van der Waals surface area contributed by atoms with Crippen LogP contribution in [0.25, 0.3) is 0 Å². The fourth-order valence-electron chi connectivity index (χ4n) is 2.68. The van der Waals surface area contributed by atoms with Crippen LogP contribution in [0.15, 0.2) is 12.4 Å². The number of anilines is 1. The smallest absolute Gasteiger partial charge is 0.315 e. The molecule has 2 N–H and O–H groups in total. The maximum Gasteiger partial charge on any atom is 0.395 e. The van der Waals surface area contributed by atoms with Crippen LogP contribution >= 0.6 is 11.3 Å². The van der Waals surface area contributed by atoms with Gasteiger partial charge in [0.2, 0.25) is 11.0 Å². The molecular formula is C13H15F3N6OS. The van der Waals surface area contributed by atoms with Gasteiger partial charge in [-0.25, -0.2) is 0 Å². The molecule has 0 bridgehead atoms. The van der Waals surface area contributed by atoms with Crippen molar-refractivity contribution in [3.63, 3.8) is 0 Å². The molecule has 0 radical (unpaired) electrons. The van der Waals surface area contributed by atoms with Crippen molar-refractivity contribution in [2.75, 3.05) is 18.4 Å². The van der Waals surface area contributed by atoms with Gasteiger partial charge in [-0.3, -0.25) is 9.48 Å². The molecule has 11 heteroatoms. The molecule has 3 rings (SSSR count). The molecular weight excluding hydrogens is 345 g/mol. The highest BCUT2D eigenvalue weighted by molar-refractivity contribution is 7.15. The van der Waals surface area contributed by atoms with Crippen LogP contribution in [-0.2, 0) is 18.3 Å². The summed E-state index contributed by atoms with van der Waals surface area (Å²) in [7, 11) is 1.80. The van der Waals surface area contributed by atoms with E-state index in [0.717, 1.165) is 16.9 Å². The van der Waals surface area contributed by atoms with Crippen molar-refractivity contribution < 1.29 is 18.0 Å². The van der Waals surface area contributed by atoms with E-state index >= 15 is 0 Å². The average molecular weight is 360 g/mol. The second-order valence-corrected chi connectivity index (χ2v) is 6.66. The Labute approximate surface area is 139 Å². The number of nitrogens with zero attached hydrogens (tertiary/aromatic N) is 4. The number of aryl methyl sites for hydroxylation is 1. The Morgan fingerprint density at radius 1 is 1.46 bits per heavy atom. The van der Waals surface area contributed by atoms with Crippen LogP contribution in [0.2, 0.25) is 0 Å². The number of rotatable bonds is 4. The number of aromatic nitrogens is 4. The highest BCUT2D eigenvalue weighted by Crippen LogP contribution is 2.30. The monoisotopic (exact) mass is 360 g/mol. The molecule has 3 heterocycles. The number of alkyl halides is 3. The minimum absolute atomic E-state index is 0.0405. The van der Waals surface area contributed by atoms with Crippen molar-refractivity contribution in [1.82, 2.24) is 25.3 Å². The average Bonchev–Trinajstić information content (AvgIpc) is 3.17. The van der Waals surface area contributed by atoms with Gasteiger partial charge < -0.3 is 10.6 Å². The first-order valence-corrected chi connectivity index (χ1v) is 8.03. The maximum absolute atomic E-state index is 12.4. The number of amides is 1. The standard InChI is InChI=1S/C13H15F3N6OS/c1-22-6-7(3-18-22)8-4-17-5-9(8)11(23)19-12-21-20-10(24-12)2-13(14,15)16/h3,6,8-9,17H,2,4-5H2,1H3,(H,19,21,23)/t8-,9+/m1/s1. The molecule has 0 aliphatic carbocycles. The third kappa shape index (κ3) is 3.90. The van der Waals surface area contributed by atoms with Crippen molar-refractivity contribution in [1.29, 1.82) is 0 Å². The summed E-state index contributed by atoms with van der Waals surface area (Å²) in [6.45, 7) is 1.12. The zero-order valence-electron chi connectivity index (χ0n) is 12.7. The summed E-state index contributed by atoms with van der Waals surface area (Å²) in [6.07, 6.45) is -1.93. The van der Waals surface area contributed by atoms with Crippen LogP contribution in [0.4, 0.5) is 18.3 Å². The van der Waals surface area contributed by atoms with Crippen LogP contribution in [0.5, 0.6) is 0 Å². The molecule has 7 nitrogen and oxygen atoms in total. The van der Waals surface area contributed by atoms with Gasteiger partial charge in [0.15, 0.2) is 0 Å². The van der Waals surface area contributed by atoms with Crippen molar-refractivity contribution in [3.8, 4) is 0 Å². The fourth-order valence-corrected chi connectivity index (χ4v) is 3.46. The van der Waals surface area contributed by atoms with Crippen molar-refractivity contribution in [2.24, 2.45) is 13.0 Å². The van der Waals surface area contributed by atoms with Crippen molar-refractivity contribution in [2.45, 2.75) is 18.5 Å². The summed E-state index contributed by atoms with van der Waals surface area (Å²) in [6, 6.07) is 0. The third-order valence-corrected chi connectivity index (χ3v) is 4.59. The van der Waals surface area contributed by atoms with Gasteiger partial charge in [0.05, 0.1) is 18.5 Å². The molecule has 1 aliphatic rings. The molecule has 24 heavy (non-hydrogen) atoms. The largest absolute Gasteiger partial charge is 0.395 e. The molecule has 2 aromatic heterocycles. The molecule has 0 saturated carbocycles. The number of hydrogen-bond donors (Lipinski definition) is 2. The van der Waals surface area contributed by atoms with Gasteiger partial charge >= 0.3 is 6.18 Å². The number of hydrogen-bond acceptors (Lipinski definition) is 6. The van der Waals surface area contributed by atoms with E-state index in [1.54, 1.807) is 17.9 Å². The third-order valence-electron chi connectivity index (χ3n) is 3.75. The zero-order valence-corrected chi connectivity index (χ0v) is 13.5. The number of carbonyl (C=O) groups excluding carboxylic acids is 1. The van der Waals surface area contributed by atoms with E-state index in [1.165, 1.54) is 0 Å². The van der Waals surface area contributed by atoms with Crippen LogP contribution in [0.1, 0.15) is 16.5 Å². The summed E-state index contributed by atoms with van der Waals surface area (Å²) in [4.78, 5) is 12.4. The van der Waals surface area contributed by atoms with Crippen molar-refractivity contribution >= 4 is 22.4 Å². The minimum atomic E-state index is -4.35. The SMILES string of the molecule is Cn1cc([C@H]2CNC[C@@H]2C(=O)Nc2nnc(CC(F)(F)F)s2)cn1. The predicted molar refractivity (Wildman–Crippen MR) is 80.6 cm³/mol. The summed E-state index contributed by atoms with van der Waals surface area (Å²) < 4.78 is 38.7. The summed E-state index contributed by atoms with van der Waals surface area (Å²) in [5.74, 6) is -0.672. The molecule has 0 unspecified atom stereocenters. The number of halogens is 3. The molecule has 2 aromatic rings. The first kappa shape index (κ1) is 16.8. The molecule has 0 aromatic carbocycles. The van der Waals surface area contributed by atoms with Gasteiger partial charge in [0, 0.05) is 32.3 Å². The van der Waals surface area contributed by atoms with E-state index in [0.29, 0.717) is 13.1 Å². The van der Waals surface area contributed by atoms with Gasteiger partial charge in [-0.1, -0.05) is 11.3 Å². The van der Waals surface area contributed by atoms with Gasteiger partial charge in [-0.15, -0.1) is 10.2 Å².